The maximum atomic E-state index is 12.0. The van der Waals surface area contributed by atoms with E-state index in [4.69, 9.17) is 5.11 Å². The van der Waals surface area contributed by atoms with Crippen LogP contribution in [-0.2, 0) is 17.8 Å². The zero-order chi connectivity index (χ0) is 15.2. The minimum Gasteiger partial charge on any atom is -0.508 e. The van der Waals surface area contributed by atoms with E-state index in [1.165, 1.54) is 0 Å². The number of aromatic hydroxyl groups is 1. The number of aryl methyl sites for hydroxylation is 2. The molecule has 0 aliphatic carbocycles. The molecule has 3 N–H and O–H groups in total. The summed E-state index contributed by atoms with van der Waals surface area (Å²) in [5.41, 5.74) is 3.18. The highest BCUT2D eigenvalue weighted by Gasteiger charge is 2.08. The minimum atomic E-state index is -0.114. The Morgan fingerprint density at radius 3 is 2.67 bits per heavy atom. The van der Waals surface area contributed by atoms with Crippen molar-refractivity contribution >= 4 is 11.6 Å². The minimum absolute atomic E-state index is 0.0545. The van der Waals surface area contributed by atoms with Gasteiger partial charge >= 0.3 is 0 Å². The predicted octanol–water partition coefficient (Wildman–Crippen LogP) is 2.76. The van der Waals surface area contributed by atoms with Gasteiger partial charge in [-0.2, -0.15) is 0 Å². The molecule has 0 aromatic heterocycles. The van der Waals surface area contributed by atoms with Crippen molar-refractivity contribution in [2.24, 2.45) is 0 Å². The van der Waals surface area contributed by atoms with E-state index in [9.17, 15) is 9.90 Å². The Morgan fingerprint density at radius 1 is 1.19 bits per heavy atom. The number of hydrogen-bond acceptors (Lipinski definition) is 3. The maximum Gasteiger partial charge on any atom is 0.224 e. The molecule has 0 saturated heterocycles. The Hall–Kier alpha value is -2.33. The van der Waals surface area contributed by atoms with Crippen molar-refractivity contribution < 1.29 is 15.0 Å². The predicted molar refractivity (Wildman–Crippen MR) is 82.2 cm³/mol. The standard InChI is InChI=1S/C17H19NO3/c1-12-6-7-13(11-19)10-15(12)18-17(21)9-8-14-4-2-3-5-16(14)20/h2-7,10,19-20H,8-9,11H2,1H3,(H,18,21). The molecule has 2 aromatic carbocycles. The van der Waals surface area contributed by atoms with Crippen molar-refractivity contribution in [2.75, 3.05) is 5.32 Å². The molecule has 0 atom stereocenters. The first-order chi connectivity index (χ1) is 10.1. The van der Waals surface area contributed by atoms with Crippen molar-refractivity contribution in [3.63, 3.8) is 0 Å². The monoisotopic (exact) mass is 285 g/mol. The molecular weight excluding hydrogens is 266 g/mol. The van der Waals surface area contributed by atoms with Crippen molar-refractivity contribution in [1.82, 2.24) is 0 Å². The lowest BCUT2D eigenvalue weighted by Gasteiger charge is -2.10. The number of carbonyl (C=O) groups excluding carboxylic acids is 1. The molecule has 0 heterocycles. The number of rotatable bonds is 5. The normalized spacial score (nSPS) is 10.4. The average molecular weight is 285 g/mol. The molecular formula is C17H19NO3. The number of phenols is 1. The van der Waals surface area contributed by atoms with Crippen LogP contribution in [0.5, 0.6) is 5.75 Å². The van der Waals surface area contributed by atoms with Crippen molar-refractivity contribution in [3.8, 4) is 5.75 Å². The Morgan fingerprint density at radius 2 is 1.95 bits per heavy atom. The molecule has 4 heteroatoms. The van der Waals surface area contributed by atoms with Crippen LogP contribution in [-0.4, -0.2) is 16.1 Å². The molecule has 2 aromatic rings. The highest BCUT2D eigenvalue weighted by Crippen LogP contribution is 2.19. The van der Waals surface area contributed by atoms with Crippen LogP contribution in [0.15, 0.2) is 42.5 Å². The first-order valence-corrected chi connectivity index (χ1v) is 6.87. The smallest absolute Gasteiger partial charge is 0.224 e. The SMILES string of the molecule is Cc1ccc(CO)cc1NC(=O)CCc1ccccc1O. The summed E-state index contributed by atoms with van der Waals surface area (Å²) in [6.07, 6.45) is 0.775. The highest BCUT2D eigenvalue weighted by atomic mass is 16.3. The maximum absolute atomic E-state index is 12.0. The molecule has 0 fully saturated rings. The van der Waals surface area contributed by atoms with Gasteiger partial charge in [-0.15, -0.1) is 0 Å². The summed E-state index contributed by atoms with van der Waals surface area (Å²) in [6, 6.07) is 12.5. The van der Waals surface area contributed by atoms with Gasteiger partial charge in [-0.1, -0.05) is 30.3 Å². The summed E-state index contributed by atoms with van der Waals surface area (Å²) in [5, 5.41) is 21.6. The largest absolute Gasteiger partial charge is 0.508 e. The lowest BCUT2D eigenvalue weighted by molar-refractivity contribution is -0.116. The van der Waals surface area contributed by atoms with Gasteiger partial charge < -0.3 is 15.5 Å². The third-order valence-electron chi connectivity index (χ3n) is 3.37. The van der Waals surface area contributed by atoms with E-state index in [0.29, 0.717) is 18.5 Å². The van der Waals surface area contributed by atoms with Crippen LogP contribution < -0.4 is 5.32 Å². The van der Waals surface area contributed by atoms with E-state index in [-0.39, 0.29) is 18.3 Å². The van der Waals surface area contributed by atoms with Gasteiger partial charge in [0.15, 0.2) is 0 Å². The summed E-state index contributed by atoms with van der Waals surface area (Å²) in [6.45, 7) is 1.85. The fourth-order valence-electron chi connectivity index (χ4n) is 2.09. The Labute approximate surface area is 124 Å². The molecule has 2 rings (SSSR count). The molecule has 0 bridgehead atoms. The summed E-state index contributed by atoms with van der Waals surface area (Å²) < 4.78 is 0. The second-order valence-electron chi connectivity index (χ2n) is 4.98. The van der Waals surface area contributed by atoms with Crippen LogP contribution in [0.2, 0.25) is 0 Å². The second-order valence-corrected chi connectivity index (χ2v) is 4.98. The van der Waals surface area contributed by atoms with Crippen LogP contribution in [0.3, 0.4) is 0 Å². The number of aliphatic hydroxyl groups is 1. The van der Waals surface area contributed by atoms with Crippen molar-refractivity contribution in [3.05, 3.63) is 59.2 Å². The number of anilines is 1. The van der Waals surface area contributed by atoms with E-state index in [1.807, 2.05) is 25.1 Å². The quantitative estimate of drug-likeness (QED) is 0.791. The Kier molecular flexibility index (Phi) is 4.95. The molecule has 0 aliphatic heterocycles. The van der Waals surface area contributed by atoms with E-state index in [1.54, 1.807) is 24.3 Å². The molecule has 0 radical (unpaired) electrons. The first-order valence-electron chi connectivity index (χ1n) is 6.87. The van der Waals surface area contributed by atoms with E-state index >= 15 is 0 Å². The van der Waals surface area contributed by atoms with E-state index in [2.05, 4.69) is 5.32 Å². The number of benzene rings is 2. The number of amides is 1. The van der Waals surface area contributed by atoms with Gasteiger partial charge in [0.1, 0.15) is 5.75 Å². The van der Waals surface area contributed by atoms with Gasteiger partial charge in [-0.05, 0) is 42.2 Å². The van der Waals surface area contributed by atoms with Crippen LogP contribution >= 0.6 is 0 Å². The molecule has 110 valence electrons. The molecule has 1 amide bonds. The first kappa shape index (κ1) is 15.1. The highest BCUT2D eigenvalue weighted by molar-refractivity contribution is 5.91. The van der Waals surface area contributed by atoms with Crippen LogP contribution in [0, 0.1) is 6.92 Å². The van der Waals surface area contributed by atoms with Gasteiger partial charge in [0.2, 0.25) is 5.91 Å². The van der Waals surface area contributed by atoms with Crippen molar-refractivity contribution in [1.29, 1.82) is 0 Å². The Balaban J connectivity index is 1.97. The summed E-state index contributed by atoms with van der Waals surface area (Å²) in [4.78, 5) is 12.0. The van der Waals surface area contributed by atoms with Crippen LogP contribution in [0.4, 0.5) is 5.69 Å². The second kappa shape index (κ2) is 6.90. The summed E-state index contributed by atoms with van der Waals surface area (Å²) in [5.74, 6) is 0.0974. The lowest BCUT2D eigenvalue weighted by atomic mass is 10.1. The number of hydrogen-bond donors (Lipinski definition) is 3. The van der Waals surface area contributed by atoms with E-state index in [0.717, 1.165) is 16.7 Å². The molecule has 4 nitrogen and oxygen atoms in total. The Bertz CT molecular complexity index is 638. The third-order valence-corrected chi connectivity index (χ3v) is 3.37. The zero-order valence-corrected chi connectivity index (χ0v) is 12.0. The third kappa shape index (κ3) is 4.07. The van der Waals surface area contributed by atoms with Gasteiger partial charge in [0, 0.05) is 12.1 Å². The number of para-hydroxylation sites is 1. The van der Waals surface area contributed by atoms with Gasteiger partial charge in [-0.3, -0.25) is 4.79 Å². The fourth-order valence-corrected chi connectivity index (χ4v) is 2.09. The number of aliphatic hydroxyl groups excluding tert-OH is 1. The lowest BCUT2D eigenvalue weighted by Crippen LogP contribution is -2.13. The molecule has 0 spiro atoms. The number of phenolic OH excluding ortho intramolecular Hbond substituents is 1. The molecule has 0 saturated carbocycles. The topological polar surface area (TPSA) is 69.6 Å². The summed E-state index contributed by atoms with van der Waals surface area (Å²) in [7, 11) is 0. The summed E-state index contributed by atoms with van der Waals surface area (Å²) >= 11 is 0. The van der Waals surface area contributed by atoms with Gasteiger partial charge in [0.25, 0.3) is 0 Å². The number of carbonyl (C=O) groups is 1. The fraction of sp³-hybridized carbons (Fsp3) is 0.235. The number of nitrogens with one attached hydrogen (secondary N) is 1. The zero-order valence-electron chi connectivity index (χ0n) is 12.0. The molecule has 0 unspecified atom stereocenters. The van der Waals surface area contributed by atoms with E-state index < -0.39 is 0 Å². The van der Waals surface area contributed by atoms with Crippen molar-refractivity contribution in [2.45, 2.75) is 26.4 Å². The van der Waals surface area contributed by atoms with Gasteiger partial charge in [-0.25, -0.2) is 0 Å². The molecule has 0 aliphatic rings. The van der Waals surface area contributed by atoms with Crippen LogP contribution in [0.25, 0.3) is 0 Å². The molecule has 21 heavy (non-hydrogen) atoms. The van der Waals surface area contributed by atoms with Gasteiger partial charge in [0.05, 0.1) is 6.61 Å². The van der Waals surface area contributed by atoms with Crippen LogP contribution in [0.1, 0.15) is 23.1 Å². The average Bonchev–Trinajstić information content (AvgIpc) is 2.48.